The fraction of sp³-hybridized carbons (Fsp3) is 0.714. The zero-order chi connectivity index (χ0) is 18.9. The highest BCUT2D eigenvalue weighted by atomic mass is 16.4. The second-order valence-electron chi connectivity index (χ2n) is 5.85. The lowest BCUT2D eigenvalue weighted by Gasteiger charge is -2.20. The fourth-order valence-electron chi connectivity index (χ4n) is 1.74. The maximum Gasteiger partial charge on any atom is 0.322 e. The van der Waals surface area contributed by atoms with Crippen LogP contribution < -0.4 is 21.7 Å². The minimum Gasteiger partial charge on any atom is -0.480 e. The molecule has 3 atom stereocenters. The molecule has 0 aromatic carbocycles. The highest BCUT2D eigenvalue weighted by molar-refractivity contribution is 5.92. The number of rotatable bonds is 10. The zero-order valence-corrected chi connectivity index (χ0v) is 14.0. The molecule has 138 valence electrons. The standard InChI is InChI=1S/C14H26N4O6/c1-7(2)4-9(13(23)17-6-11(21)22)18-10(20)5-16-14(24)12(15)8(3)19/h7-9,12,19H,4-6,15H2,1-3H3,(H,16,24)(H,17,23)(H,18,20)(H,21,22). The minimum atomic E-state index is -1.20. The van der Waals surface area contributed by atoms with Crippen molar-refractivity contribution in [2.75, 3.05) is 13.1 Å². The highest BCUT2D eigenvalue weighted by Gasteiger charge is 2.23. The lowest BCUT2D eigenvalue weighted by Crippen LogP contribution is -2.53. The Morgan fingerprint density at radius 2 is 1.54 bits per heavy atom. The van der Waals surface area contributed by atoms with E-state index in [1.807, 2.05) is 13.8 Å². The minimum absolute atomic E-state index is 0.0733. The van der Waals surface area contributed by atoms with E-state index < -0.39 is 55.0 Å². The summed E-state index contributed by atoms with van der Waals surface area (Å²) in [6, 6.07) is -2.08. The van der Waals surface area contributed by atoms with Crippen LogP contribution in [0.1, 0.15) is 27.2 Å². The molecule has 0 bridgehead atoms. The lowest BCUT2D eigenvalue weighted by molar-refractivity contribution is -0.138. The molecule has 0 aromatic rings. The number of carbonyl (C=O) groups excluding carboxylic acids is 3. The molecule has 0 heterocycles. The summed E-state index contributed by atoms with van der Waals surface area (Å²) in [6.07, 6.45) is -0.762. The largest absolute Gasteiger partial charge is 0.480 e. The van der Waals surface area contributed by atoms with Crippen LogP contribution in [0.3, 0.4) is 0 Å². The van der Waals surface area contributed by atoms with Crippen LogP contribution in [-0.4, -0.2) is 65.2 Å². The molecule has 0 saturated carbocycles. The van der Waals surface area contributed by atoms with E-state index >= 15 is 0 Å². The summed E-state index contributed by atoms with van der Waals surface area (Å²) in [6.45, 7) is 4.05. The first-order valence-corrected chi connectivity index (χ1v) is 7.54. The number of nitrogens with two attached hydrogens (primary N) is 1. The first-order valence-electron chi connectivity index (χ1n) is 7.54. The fourth-order valence-corrected chi connectivity index (χ4v) is 1.74. The topological polar surface area (TPSA) is 171 Å². The summed E-state index contributed by atoms with van der Waals surface area (Å²) in [5.74, 6) is -3.07. The molecule has 3 unspecified atom stereocenters. The van der Waals surface area contributed by atoms with Crippen LogP contribution in [0, 0.1) is 5.92 Å². The average molecular weight is 346 g/mol. The molecule has 0 aromatic heterocycles. The molecular weight excluding hydrogens is 320 g/mol. The first-order chi connectivity index (χ1) is 11.0. The van der Waals surface area contributed by atoms with Gasteiger partial charge in [-0.05, 0) is 19.3 Å². The third-order valence-electron chi connectivity index (χ3n) is 3.02. The van der Waals surface area contributed by atoms with Crippen LogP contribution in [0.2, 0.25) is 0 Å². The van der Waals surface area contributed by atoms with Gasteiger partial charge in [-0.1, -0.05) is 13.8 Å². The van der Waals surface area contributed by atoms with E-state index in [1.165, 1.54) is 6.92 Å². The Morgan fingerprint density at radius 1 is 1.00 bits per heavy atom. The van der Waals surface area contributed by atoms with Crippen LogP contribution in [0.25, 0.3) is 0 Å². The van der Waals surface area contributed by atoms with Crippen LogP contribution in [-0.2, 0) is 19.2 Å². The van der Waals surface area contributed by atoms with Gasteiger partial charge in [0.05, 0.1) is 12.6 Å². The molecule has 0 rings (SSSR count). The number of nitrogens with one attached hydrogen (secondary N) is 3. The predicted molar refractivity (Wildman–Crippen MR) is 84.7 cm³/mol. The van der Waals surface area contributed by atoms with E-state index in [4.69, 9.17) is 10.8 Å². The van der Waals surface area contributed by atoms with Crippen LogP contribution in [0.15, 0.2) is 0 Å². The lowest BCUT2D eigenvalue weighted by atomic mass is 10.0. The molecule has 7 N–H and O–H groups in total. The summed E-state index contributed by atoms with van der Waals surface area (Å²) in [7, 11) is 0. The van der Waals surface area contributed by atoms with Gasteiger partial charge < -0.3 is 31.9 Å². The van der Waals surface area contributed by atoms with Crippen molar-refractivity contribution in [3.05, 3.63) is 0 Å². The van der Waals surface area contributed by atoms with Gasteiger partial charge in [0.2, 0.25) is 17.7 Å². The van der Waals surface area contributed by atoms with Gasteiger partial charge in [-0.3, -0.25) is 19.2 Å². The van der Waals surface area contributed by atoms with Crippen molar-refractivity contribution in [1.82, 2.24) is 16.0 Å². The zero-order valence-electron chi connectivity index (χ0n) is 14.0. The number of carbonyl (C=O) groups is 4. The smallest absolute Gasteiger partial charge is 0.322 e. The Labute approximate surface area is 140 Å². The quantitative estimate of drug-likeness (QED) is 0.255. The van der Waals surface area contributed by atoms with Gasteiger partial charge in [-0.15, -0.1) is 0 Å². The number of carboxylic acids is 1. The molecule has 3 amide bonds. The molecule has 0 aliphatic rings. The van der Waals surface area contributed by atoms with Crippen molar-refractivity contribution >= 4 is 23.7 Å². The molecule has 0 radical (unpaired) electrons. The Balaban J connectivity index is 4.56. The van der Waals surface area contributed by atoms with Gasteiger partial charge in [0, 0.05) is 0 Å². The SMILES string of the molecule is CC(C)CC(NC(=O)CNC(=O)C(N)C(C)O)C(=O)NCC(=O)O. The van der Waals surface area contributed by atoms with Crippen molar-refractivity contribution < 1.29 is 29.4 Å². The average Bonchev–Trinajstić information content (AvgIpc) is 2.48. The Bertz CT molecular complexity index is 466. The number of aliphatic hydroxyl groups is 1. The Kier molecular flexibility index (Phi) is 9.58. The molecule has 10 nitrogen and oxygen atoms in total. The first kappa shape index (κ1) is 21.8. The molecule has 0 spiro atoms. The van der Waals surface area contributed by atoms with Gasteiger partial charge in [-0.25, -0.2) is 0 Å². The molecule has 0 fully saturated rings. The number of amides is 3. The van der Waals surface area contributed by atoms with Crippen molar-refractivity contribution in [1.29, 1.82) is 0 Å². The van der Waals surface area contributed by atoms with E-state index in [9.17, 15) is 24.3 Å². The van der Waals surface area contributed by atoms with Gasteiger partial charge in [-0.2, -0.15) is 0 Å². The maximum atomic E-state index is 11.9. The van der Waals surface area contributed by atoms with Crippen molar-refractivity contribution in [3.8, 4) is 0 Å². The summed E-state index contributed by atoms with van der Waals surface area (Å²) in [5.41, 5.74) is 5.42. The van der Waals surface area contributed by atoms with Gasteiger partial charge in [0.1, 0.15) is 18.6 Å². The van der Waals surface area contributed by atoms with Crippen LogP contribution in [0.4, 0.5) is 0 Å². The summed E-state index contributed by atoms with van der Waals surface area (Å²) >= 11 is 0. The van der Waals surface area contributed by atoms with Crippen molar-refractivity contribution in [2.45, 2.75) is 45.4 Å². The van der Waals surface area contributed by atoms with E-state index in [0.29, 0.717) is 6.42 Å². The summed E-state index contributed by atoms with van der Waals surface area (Å²) in [5, 5.41) is 24.6. The molecule has 0 aliphatic heterocycles. The molecule has 0 saturated heterocycles. The van der Waals surface area contributed by atoms with Crippen molar-refractivity contribution in [2.24, 2.45) is 11.7 Å². The monoisotopic (exact) mass is 346 g/mol. The maximum absolute atomic E-state index is 11.9. The normalized spacial score (nSPS) is 14.4. The Morgan fingerprint density at radius 3 is 2.00 bits per heavy atom. The van der Waals surface area contributed by atoms with E-state index in [-0.39, 0.29) is 5.92 Å². The number of aliphatic hydroxyl groups excluding tert-OH is 1. The highest BCUT2D eigenvalue weighted by Crippen LogP contribution is 2.05. The number of hydrogen-bond donors (Lipinski definition) is 6. The molecule has 10 heteroatoms. The second kappa shape index (κ2) is 10.6. The van der Waals surface area contributed by atoms with E-state index in [2.05, 4.69) is 16.0 Å². The second-order valence-corrected chi connectivity index (χ2v) is 5.85. The summed E-state index contributed by atoms with van der Waals surface area (Å²) in [4.78, 5) is 45.8. The van der Waals surface area contributed by atoms with Gasteiger partial charge >= 0.3 is 5.97 Å². The number of hydrogen-bond acceptors (Lipinski definition) is 6. The Hall–Kier alpha value is -2.20. The summed E-state index contributed by atoms with van der Waals surface area (Å²) < 4.78 is 0. The number of carboxylic acid groups (broad SMARTS) is 1. The van der Waals surface area contributed by atoms with Crippen molar-refractivity contribution in [3.63, 3.8) is 0 Å². The molecule has 24 heavy (non-hydrogen) atoms. The van der Waals surface area contributed by atoms with E-state index in [0.717, 1.165) is 0 Å². The third-order valence-corrected chi connectivity index (χ3v) is 3.02. The molecule has 0 aliphatic carbocycles. The van der Waals surface area contributed by atoms with Crippen LogP contribution >= 0.6 is 0 Å². The van der Waals surface area contributed by atoms with Crippen LogP contribution in [0.5, 0.6) is 0 Å². The molecular formula is C14H26N4O6. The number of aliphatic carboxylic acids is 1. The van der Waals surface area contributed by atoms with Gasteiger partial charge in [0.25, 0.3) is 0 Å². The predicted octanol–water partition coefficient (Wildman–Crippen LogP) is -2.46. The van der Waals surface area contributed by atoms with E-state index in [1.54, 1.807) is 0 Å². The third kappa shape index (κ3) is 9.06. The van der Waals surface area contributed by atoms with Gasteiger partial charge in [0.15, 0.2) is 0 Å².